The molecule has 1 aliphatic heterocycles. The van der Waals surface area contributed by atoms with Gasteiger partial charge >= 0.3 is 0 Å². The fraction of sp³-hybridized carbons (Fsp3) is 0.111. The smallest absolute Gasteiger partial charge is 0.0650 e. The maximum atomic E-state index is 9.02. The molecule has 3 heteroatoms. The van der Waals surface area contributed by atoms with Crippen LogP contribution in [0.3, 0.4) is 0 Å². The zero-order valence-corrected chi connectivity index (χ0v) is 6.59. The van der Waals surface area contributed by atoms with Gasteiger partial charge in [0.15, 0.2) is 0 Å². The van der Waals surface area contributed by atoms with E-state index in [4.69, 9.17) is 5.21 Å². The molecule has 0 radical (unpaired) electrons. The van der Waals surface area contributed by atoms with Crippen molar-refractivity contribution in [2.75, 3.05) is 6.54 Å². The van der Waals surface area contributed by atoms with E-state index in [-0.39, 0.29) is 0 Å². The fourth-order valence-electron chi connectivity index (χ4n) is 1.18. The standard InChI is InChI=1S/C9H10N2O/c12-11-7-3-9(4-8-11)10-5-1-2-6-10/h1-7,12H,8H2. The topological polar surface area (TPSA) is 28.4 Å². The highest BCUT2D eigenvalue weighted by Crippen LogP contribution is 2.10. The van der Waals surface area contributed by atoms with Crippen molar-refractivity contribution < 1.29 is 5.21 Å². The Balaban J connectivity index is 2.23. The normalized spacial score (nSPS) is 16.4. The lowest BCUT2D eigenvalue weighted by Gasteiger charge is -2.15. The summed E-state index contributed by atoms with van der Waals surface area (Å²) in [6.07, 6.45) is 9.42. The van der Waals surface area contributed by atoms with Crippen LogP contribution in [0.4, 0.5) is 0 Å². The Morgan fingerprint density at radius 3 is 2.58 bits per heavy atom. The van der Waals surface area contributed by atoms with Gasteiger partial charge in [0.1, 0.15) is 0 Å². The first-order chi connectivity index (χ1) is 5.86. The molecule has 1 N–H and O–H groups in total. The molecule has 1 aliphatic rings. The Hall–Kier alpha value is -1.48. The van der Waals surface area contributed by atoms with E-state index in [1.165, 1.54) is 0 Å². The average Bonchev–Trinajstić information content (AvgIpc) is 2.58. The zero-order valence-electron chi connectivity index (χ0n) is 6.59. The van der Waals surface area contributed by atoms with E-state index in [1.807, 2.05) is 41.2 Å². The third-order valence-electron chi connectivity index (χ3n) is 1.81. The minimum absolute atomic E-state index is 0.546. The highest BCUT2D eigenvalue weighted by molar-refractivity contribution is 5.58. The van der Waals surface area contributed by atoms with Gasteiger partial charge < -0.3 is 4.57 Å². The molecule has 0 saturated heterocycles. The molecule has 0 fully saturated rings. The molecule has 3 nitrogen and oxygen atoms in total. The van der Waals surface area contributed by atoms with E-state index in [9.17, 15) is 0 Å². The Morgan fingerprint density at radius 1 is 1.25 bits per heavy atom. The number of allylic oxidation sites excluding steroid dienone is 2. The lowest BCUT2D eigenvalue weighted by molar-refractivity contribution is -0.0300. The molecule has 1 aromatic heterocycles. The van der Waals surface area contributed by atoms with Crippen molar-refractivity contribution in [3.8, 4) is 0 Å². The van der Waals surface area contributed by atoms with Gasteiger partial charge in [0.2, 0.25) is 0 Å². The summed E-state index contributed by atoms with van der Waals surface area (Å²) in [5.41, 5.74) is 1.09. The largest absolute Gasteiger partial charge is 0.324 e. The molecule has 0 unspecified atom stereocenters. The summed E-state index contributed by atoms with van der Waals surface area (Å²) in [5.74, 6) is 0. The van der Waals surface area contributed by atoms with Gasteiger partial charge in [-0.15, -0.1) is 0 Å². The van der Waals surface area contributed by atoms with Gasteiger partial charge in [-0.3, -0.25) is 10.3 Å². The van der Waals surface area contributed by atoms with Gasteiger partial charge in [-0.2, -0.15) is 0 Å². The van der Waals surface area contributed by atoms with Crippen LogP contribution in [-0.2, 0) is 0 Å². The van der Waals surface area contributed by atoms with E-state index in [2.05, 4.69) is 0 Å². The minimum Gasteiger partial charge on any atom is -0.324 e. The van der Waals surface area contributed by atoms with Gasteiger partial charge in [-0.05, 0) is 24.3 Å². The summed E-state index contributed by atoms with van der Waals surface area (Å²) >= 11 is 0. The lowest BCUT2D eigenvalue weighted by atomic mass is 10.3. The van der Waals surface area contributed by atoms with Crippen LogP contribution in [0.1, 0.15) is 0 Å². The summed E-state index contributed by atoms with van der Waals surface area (Å²) in [6, 6.07) is 3.94. The molecule has 12 heavy (non-hydrogen) atoms. The monoisotopic (exact) mass is 162 g/mol. The van der Waals surface area contributed by atoms with Gasteiger partial charge in [0.05, 0.1) is 6.54 Å². The lowest BCUT2D eigenvalue weighted by Crippen LogP contribution is -2.15. The first-order valence-electron chi connectivity index (χ1n) is 3.83. The second-order valence-corrected chi connectivity index (χ2v) is 2.66. The molecular formula is C9H10N2O. The Labute approximate surface area is 70.8 Å². The second-order valence-electron chi connectivity index (χ2n) is 2.66. The van der Waals surface area contributed by atoms with E-state index < -0.39 is 0 Å². The van der Waals surface area contributed by atoms with Crippen molar-refractivity contribution in [2.24, 2.45) is 0 Å². The Morgan fingerprint density at radius 2 is 2.00 bits per heavy atom. The number of hydrogen-bond donors (Lipinski definition) is 1. The van der Waals surface area contributed by atoms with E-state index in [0.717, 1.165) is 10.8 Å². The Kier molecular flexibility index (Phi) is 1.72. The van der Waals surface area contributed by atoms with Gasteiger partial charge in [-0.1, -0.05) is 0 Å². The summed E-state index contributed by atoms with van der Waals surface area (Å²) in [7, 11) is 0. The van der Waals surface area contributed by atoms with Crippen LogP contribution in [0.25, 0.3) is 5.70 Å². The first kappa shape index (κ1) is 7.18. The van der Waals surface area contributed by atoms with Crippen molar-refractivity contribution in [3.05, 3.63) is 42.9 Å². The third kappa shape index (κ3) is 1.26. The maximum Gasteiger partial charge on any atom is 0.0650 e. The predicted molar refractivity (Wildman–Crippen MR) is 46.3 cm³/mol. The van der Waals surface area contributed by atoms with Crippen LogP contribution < -0.4 is 0 Å². The molecule has 2 heterocycles. The predicted octanol–water partition coefficient (Wildman–Crippen LogP) is 1.55. The first-order valence-corrected chi connectivity index (χ1v) is 3.83. The van der Waals surface area contributed by atoms with Crippen LogP contribution >= 0.6 is 0 Å². The summed E-state index contributed by atoms with van der Waals surface area (Å²) in [4.78, 5) is 0. The maximum absolute atomic E-state index is 9.02. The van der Waals surface area contributed by atoms with Crippen molar-refractivity contribution in [2.45, 2.75) is 0 Å². The Bertz CT molecular complexity index is 311. The number of nitrogens with zero attached hydrogens (tertiary/aromatic N) is 2. The molecule has 2 rings (SSSR count). The van der Waals surface area contributed by atoms with Crippen LogP contribution in [-0.4, -0.2) is 21.4 Å². The van der Waals surface area contributed by atoms with Gasteiger partial charge in [0, 0.05) is 24.3 Å². The second kappa shape index (κ2) is 2.87. The highest BCUT2D eigenvalue weighted by atomic mass is 16.5. The summed E-state index contributed by atoms with van der Waals surface area (Å²) < 4.78 is 2.00. The molecule has 0 aromatic carbocycles. The molecule has 62 valence electrons. The SMILES string of the molecule is ON1C=CC(n2cccc2)=CC1. The highest BCUT2D eigenvalue weighted by Gasteiger charge is 2.01. The van der Waals surface area contributed by atoms with Gasteiger partial charge in [-0.25, -0.2) is 0 Å². The van der Waals surface area contributed by atoms with Crippen LogP contribution in [0.5, 0.6) is 0 Å². The van der Waals surface area contributed by atoms with Crippen molar-refractivity contribution in [1.82, 2.24) is 9.63 Å². The van der Waals surface area contributed by atoms with Crippen molar-refractivity contribution in [3.63, 3.8) is 0 Å². The molecule has 1 aromatic rings. The number of hydrogen-bond acceptors (Lipinski definition) is 2. The van der Waals surface area contributed by atoms with Gasteiger partial charge in [0.25, 0.3) is 0 Å². The quantitative estimate of drug-likeness (QED) is 0.678. The van der Waals surface area contributed by atoms with Crippen LogP contribution in [0.15, 0.2) is 42.9 Å². The zero-order chi connectivity index (χ0) is 8.39. The molecule has 0 saturated carbocycles. The molecule has 0 spiro atoms. The minimum atomic E-state index is 0.546. The fourth-order valence-corrected chi connectivity index (χ4v) is 1.18. The van der Waals surface area contributed by atoms with Crippen LogP contribution in [0, 0.1) is 0 Å². The molecule has 0 atom stereocenters. The molecule has 0 amide bonds. The average molecular weight is 162 g/mol. The third-order valence-corrected chi connectivity index (χ3v) is 1.81. The van der Waals surface area contributed by atoms with Crippen LogP contribution in [0.2, 0.25) is 0 Å². The summed E-state index contributed by atoms with van der Waals surface area (Å²) in [6.45, 7) is 0.546. The van der Waals surface area contributed by atoms with E-state index in [1.54, 1.807) is 6.20 Å². The molecule has 0 bridgehead atoms. The number of aromatic nitrogens is 1. The molecular weight excluding hydrogens is 152 g/mol. The van der Waals surface area contributed by atoms with E-state index in [0.29, 0.717) is 6.54 Å². The number of hydroxylamine groups is 2. The van der Waals surface area contributed by atoms with Crippen molar-refractivity contribution in [1.29, 1.82) is 0 Å². The molecule has 0 aliphatic carbocycles. The van der Waals surface area contributed by atoms with Crippen molar-refractivity contribution >= 4 is 5.70 Å². The van der Waals surface area contributed by atoms with E-state index >= 15 is 0 Å². The summed E-state index contributed by atoms with van der Waals surface area (Å²) in [5, 5.41) is 10.2. The number of rotatable bonds is 1.